The number of amides is 1. The predicted octanol–water partition coefficient (Wildman–Crippen LogP) is 3.02. The number of nitrogens with one attached hydrogen (secondary N) is 1. The Labute approximate surface area is 124 Å². The summed E-state index contributed by atoms with van der Waals surface area (Å²) >= 11 is 4.92. The lowest BCUT2D eigenvalue weighted by Crippen LogP contribution is -2.28. The molecule has 1 amide bonds. The Bertz CT molecular complexity index is 571. The maximum atomic E-state index is 12.1. The fourth-order valence-electron chi connectivity index (χ4n) is 1.63. The molecule has 1 aromatic heterocycles. The Morgan fingerprint density at radius 3 is 3.05 bits per heavy atom. The van der Waals surface area contributed by atoms with Crippen LogP contribution in [0.4, 0.5) is 5.69 Å². The van der Waals surface area contributed by atoms with Crippen LogP contribution in [0.2, 0.25) is 0 Å². The van der Waals surface area contributed by atoms with Gasteiger partial charge in [-0.05, 0) is 18.2 Å². The van der Waals surface area contributed by atoms with E-state index in [1.165, 1.54) is 0 Å². The van der Waals surface area contributed by atoms with Crippen LogP contribution in [0.1, 0.15) is 28.2 Å². The van der Waals surface area contributed by atoms with Gasteiger partial charge in [0.15, 0.2) is 0 Å². The minimum atomic E-state index is -0.165. The first-order chi connectivity index (χ1) is 9.08. The molecule has 1 aromatic carbocycles. The zero-order valence-corrected chi connectivity index (χ0v) is 12.8. The van der Waals surface area contributed by atoms with E-state index in [4.69, 9.17) is 5.73 Å². The second-order valence-electron chi connectivity index (χ2n) is 4.21. The van der Waals surface area contributed by atoms with Gasteiger partial charge in [-0.3, -0.25) is 4.79 Å². The number of anilines is 1. The van der Waals surface area contributed by atoms with Crippen molar-refractivity contribution in [3.8, 4) is 0 Å². The Balaban J connectivity index is 2.00. The Kier molecular flexibility index (Phi) is 4.55. The van der Waals surface area contributed by atoms with Gasteiger partial charge in [0.1, 0.15) is 0 Å². The van der Waals surface area contributed by atoms with Crippen LogP contribution in [-0.4, -0.2) is 17.4 Å². The molecule has 6 heteroatoms. The lowest BCUT2D eigenvalue weighted by atomic mass is 10.1. The smallest absolute Gasteiger partial charge is 0.253 e. The molecule has 0 bridgehead atoms. The summed E-state index contributed by atoms with van der Waals surface area (Å²) in [5.74, 6) is 0.0273. The number of thiazole rings is 1. The number of hydrogen-bond donors (Lipinski definition) is 2. The molecule has 4 nitrogen and oxygen atoms in total. The minimum Gasteiger partial charge on any atom is -0.398 e. The van der Waals surface area contributed by atoms with E-state index in [-0.39, 0.29) is 11.8 Å². The average molecular weight is 340 g/mol. The van der Waals surface area contributed by atoms with E-state index in [0.717, 1.165) is 9.48 Å². The van der Waals surface area contributed by atoms with Crippen LogP contribution in [0.15, 0.2) is 34.2 Å². The first-order valence-corrected chi connectivity index (χ1v) is 7.48. The van der Waals surface area contributed by atoms with Gasteiger partial charge in [0.25, 0.3) is 5.91 Å². The van der Waals surface area contributed by atoms with Gasteiger partial charge >= 0.3 is 0 Å². The second kappa shape index (κ2) is 6.16. The molecule has 0 spiro atoms. The minimum absolute atomic E-state index is 0.165. The van der Waals surface area contributed by atoms with Gasteiger partial charge in [-0.25, -0.2) is 4.98 Å². The molecular weight excluding hydrogens is 326 g/mol. The van der Waals surface area contributed by atoms with E-state index in [0.29, 0.717) is 17.8 Å². The summed E-state index contributed by atoms with van der Waals surface area (Å²) < 4.78 is 0.833. The van der Waals surface area contributed by atoms with Crippen LogP contribution in [0.5, 0.6) is 0 Å². The lowest BCUT2D eigenvalue weighted by molar-refractivity contribution is 0.0952. The maximum Gasteiger partial charge on any atom is 0.253 e. The van der Waals surface area contributed by atoms with Crippen LogP contribution >= 0.6 is 27.3 Å². The molecule has 100 valence electrons. The molecule has 1 heterocycles. The highest BCUT2D eigenvalue weighted by atomic mass is 79.9. The summed E-state index contributed by atoms with van der Waals surface area (Å²) in [7, 11) is 0. The van der Waals surface area contributed by atoms with Crippen LogP contribution < -0.4 is 11.1 Å². The van der Waals surface area contributed by atoms with Gasteiger partial charge in [0.2, 0.25) is 0 Å². The summed E-state index contributed by atoms with van der Waals surface area (Å²) in [6, 6.07) is 5.24. The highest BCUT2D eigenvalue weighted by Crippen LogP contribution is 2.19. The molecule has 0 saturated heterocycles. The van der Waals surface area contributed by atoms with Crippen LogP contribution in [0, 0.1) is 0 Å². The number of benzene rings is 1. The Morgan fingerprint density at radius 1 is 1.58 bits per heavy atom. The molecule has 0 aliphatic carbocycles. The fraction of sp³-hybridized carbons (Fsp3) is 0.231. The first kappa shape index (κ1) is 14.0. The number of carbonyl (C=O) groups excluding carboxylic acids is 1. The number of rotatable bonds is 4. The summed E-state index contributed by atoms with van der Waals surface area (Å²) in [5.41, 5.74) is 6.76. The quantitative estimate of drug-likeness (QED) is 0.841. The van der Waals surface area contributed by atoms with E-state index in [2.05, 4.69) is 26.2 Å². The number of hydrogen-bond acceptors (Lipinski definition) is 4. The van der Waals surface area contributed by atoms with E-state index in [1.54, 1.807) is 29.7 Å². The third kappa shape index (κ3) is 3.54. The van der Waals surface area contributed by atoms with Crippen molar-refractivity contribution in [1.29, 1.82) is 0 Å². The number of nitrogens with zero attached hydrogens (tertiary/aromatic N) is 1. The molecule has 1 unspecified atom stereocenters. The monoisotopic (exact) mass is 339 g/mol. The van der Waals surface area contributed by atoms with E-state index >= 15 is 0 Å². The van der Waals surface area contributed by atoms with Crippen molar-refractivity contribution < 1.29 is 4.79 Å². The van der Waals surface area contributed by atoms with Crippen molar-refractivity contribution in [2.75, 3.05) is 12.3 Å². The van der Waals surface area contributed by atoms with Gasteiger partial charge in [-0.2, -0.15) is 0 Å². The Morgan fingerprint density at radius 2 is 2.37 bits per heavy atom. The highest BCUT2D eigenvalue weighted by Gasteiger charge is 2.13. The lowest BCUT2D eigenvalue weighted by Gasteiger charge is -2.11. The van der Waals surface area contributed by atoms with Gasteiger partial charge in [0, 0.05) is 34.2 Å². The third-order valence-corrected chi connectivity index (χ3v) is 4.20. The average Bonchev–Trinajstić information content (AvgIpc) is 2.92. The largest absolute Gasteiger partial charge is 0.398 e. The van der Waals surface area contributed by atoms with E-state index in [9.17, 15) is 4.79 Å². The first-order valence-electron chi connectivity index (χ1n) is 5.80. The van der Waals surface area contributed by atoms with Crippen molar-refractivity contribution in [3.05, 3.63) is 44.8 Å². The third-order valence-electron chi connectivity index (χ3n) is 2.70. The van der Waals surface area contributed by atoms with E-state index in [1.807, 2.05) is 18.4 Å². The molecule has 1 atom stereocenters. The number of aromatic nitrogens is 1. The number of carbonyl (C=O) groups is 1. The highest BCUT2D eigenvalue weighted by molar-refractivity contribution is 9.10. The van der Waals surface area contributed by atoms with Crippen molar-refractivity contribution in [1.82, 2.24) is 10.3 Å². The normalized spacial score (nSPS) is 12.1. The SMILES string of the molecule is CC(CNC(=O)c1cc(Br)ccc1N)c1nccs1. The molecule has 0 fully saturated rings. The topological polar surface area (TPSA) is 68.0 Å². The molecule has 0 saturated carbocycles. The predicted molar refractivity (Wildman–Crippen MR) is 81.4 cm³/mol. The second-order valence-corrected chi connectivity index (χ2v) is 6.05. The van der Waals surface area contributed by atoms with Crippen LogP contribution in [0.3, 0.4) is 0 Å². The molecule has 19 heavy (non-hydrogen) atoms. The number of nitrogens with two attached hydrogens (primary N) is 1. The zero-order chi connectivity index (χ0) is 13.8. The summed E-state index contributed by atoms with van der Waals surface area (Å²) in [4.78, 5) is 16.3. The van der Waals surface area contributed by atoms with Crippen molar-refractivity contribution >= 4 is 38.9 Å². The number of nitrogen functional groups attached to an aromatic ring is 1. The molecule has 3 N–H and O–H groups in total. The van der Waals surface area contributed by atoms with Gasteiger partial charge < -0.3 is 11.1 Å². The molecular formula is C13H14BrN3OS. The van der Waals surface area contributed by atoms with Crippen molar-refractivity contribution in [2.24, 2.45) is 0 Å². The van der Waals surface area contributed by atoms with Gasteiger partial charge in [-0.1, -0.05) is 22.9 Å². The summed E-state index contributed by atoms with van der Waals surface area (Å²) in [6.45, 7) is 2.57. The van der Waals surface area contributed by atoms with Gasteiger partial charge in [0.05, 0.1) is 10.6 Å². The van der Waals surface area contributed by atoms with Crippen LogP contribution in [0.25, 0.3) is 0 Å². The Hall–Kier alpha value is -1.40. The van der Waals surface area contributed by atoms with E-state index < -0.39 is 0 Å². The van der Waals surface area contributed by atoms with Crippen molar-refractivity contribution in [3.63, 3.8) is 0 Å². The number of halogens is 1. The van der Waals surface area contributed by atoms with Crippen LogP contribution in [-0.2, 0) is 0 Å². The molecule has 2 aromatic rings. The molecule has 0 aliphatic rings. The summed E-state index contributed by atoms with van der Waals surface area (Å²) in [5, 5.41) is 5.83. The molecule has 0 radical (unpaired) electrons. The maximum absolute atomic E-state index is 12.1. The molecule has 2 rings (SSSR count). The van der Waals surface area contributed by atoms with Gasteiger partial charge in [-0.15, -0.1) is 11.3 Å². The fourth-order valence-corrected chi connectivity index (χ4v) is 2.69. The standard InChI is InChI=1S/C13H14BrN3OS/c1-8(13-16-4-5-19-13)7-17-12(18)10-6-9(14)2-3-11(10)15/h2-6,8H,7,15H2,1H3,(H,17,18). The zero-order valence-electron chi connectivity index (χ0n) is 10.4. The molecule has 0 aliphatic heterocycles. The van der Waals surface area contributed by atoms with Crippen molar-refractivity contribution in [2.45, 2.75) is 12.8 Å². The summed E-state index contributed by atoms with van der Waals surface area (Å²) in [6.07, 6.45) is 1.77.